The Labute approximate surface area is 134 Å². The van der Waals surface area contributed by atoms with E-state index in [1.54, 1.807) is 6.20 Å². The van der Waals surface area contributed by atoms with Gasteiger partial charge in [-0.15, -0.1) is 0 Å². The summed E-state index contributed by atoms with van der Waals surface area (Å²) in [5, 5.41) is 3.40. The molecule has 0 fully saturated rings. The lowest BCUT2D eigenvalue weighted by molar-refractivity contribution is 0.300. The van der Waals surface area contributed by atoms with Crippen LogP contribution in [0.25, 0.3) is 0 Å². The van der Waals surface area contributed by atoms with Gasteiger partial charge in [0.15, 0.2) is 0 Å². The molecule has 0 unspecified atom stereocenters. The number of rotatable bonds is 9. The summed E-state index contributed by atoms with van der Waals surface area (Å²) >= 11 is 3.58. The molecule has 0 amide bonds. The second-order valence-electron chi connectivity index (χ2n) is 4.94. The minimum atomic E-state index is 0.699. The zero-order valence-electron chi connectivity index (χ0n) is 12.4. The van der Waals surface area contributed by atoms with Gasteiger partial charge in [-0.1, -0.05) is 13.0 Å². The molecule has 0 atom stereocenters. The van der Waals surface area contributed by atoms with Crippen LogP contribution in [0.4, 0.5) is 0 Å². The van der Waals surface area contributed by atoms with Crippen molar-refractivity contribution < 1.29 is 4.74 Å². The van der Waals surface area contributed by atoms with E-state index in [0.717, 1.165) is 42.7 Å². The maximum atomic E-state index is 5.81. The summed E-state index contributed by atoms with van der Waals surface area (Å²) < 4.78 is 8.89. The standard InChI is InChI=1S/C16H22BrN3O/c1-2-6-18-12-14-4-5-16(15(17)11-14)21-10-3-8-20-9-7-19-13-20/h4-5,7,9,11,13,18H,2-3,6,8,10,12H2,1H3. The summed E-state index contributed by atoms with van der Waals surface area (Å²) in [4.78, 5) is 4.02. The van der Waals surface area contributed by atoms with Crippen LogP contribution in [0.2, 0.25) is 0 Å². The van der Waals surface area contributed by atoms with E-state index in [0.29, 0.717) is 6.61 Å². The Morgan fingerprint density at radius 1 is 1.38 bits per heavy atom. The molecule has 0 bridgehead atoms. The van der Waals surface area contributed by atoms with Crippen molar-refractivity contribution in [1.82, 2.24) is 14.9 Å². The van der Waals surface area contributed by atoms with E-state index >= 15 is 0 Å². The van der Waals surface area contributed by atoms with Gasteiger partial charge in [-0.3, -0.25) is 0 Å². The molecule has 1 heterocycles. The van der Waals surface area contributed by atoms with Crippen LogP contribution in [0.15, 0.2) is 41.4 Å². The van der Waals surface area contributed by atoms with Crippen molar-refractivity contribution in [3.63, 3.8) is 0 Å². The fourth-order valence-electron chi connectivity index (χ4n) is 2.03. The van der Waals surface area contributed by atoms with Crippen LogP contribution in [0.3, 0.4) is 0 Å². The highest BCUT2D eigenvalue weighted by Gasteiger charge is 2.03. The molecule has 1 N–H and O–H groups in total. The molecule has 1 aromatic carbocycles. The number of aryl methyl sites for hydroxylation is 1. The zero-order valence-corrected chi connectivity index (χ0v) is 14.0. The van der Waals surface area contributed by atoms with Gasteiger partial charge in [-0.05, 0) is 53.0 Å². The van der Waals surface area contributed by atoms with Gasteiger partial charge in [0.25, 0.3) is 0 Å². The first-order valence-corrected chi connectivity index (χ1v) is 8.16. The van der Waals surface area contributed by atoms with Crippen molar-refractivity contribution in [2.75, 3.05) is 13.2 Å². The van der Waals surface area contributed by atoms with E-state index in [1.807, 2.05) is 18.6 Å². The van der Waals surface area contributed by atoms with Crippen molar-refractivity contribution in [2.45, 2.75) is 32.9 Å². The Morgan fingerprint density at radius 2 is 2.29 bits per heavy atom. The number of imidazole rings is 1. The lowest BCUT2D eigenvalue weighted by Crippen LogP contribution is -2.13. The number of hydrogen-bond acceptors (Lipinski definition) is 3. The van der Waals surface area contributed by atoms with E-state index in [1.165, 1.54) is 5.56 Å². The summed E-state index contributed by atoms with van der Waals surface area (Å²) in [6.45, 7) is 5.74. The third-order valence-corrected chi connectivity index (χ3v) is 3.75. The fourth-order valence-corrected chi connectivity index (χ4v) is 2.57. The summed E-state index contributed by atoms with van der Waals surface area (Å²) in [5.74, 6) is 0.903. The molecule has 0 aliphatic carbocycles. The van der Waals surface area contributed by atoms with Crippen molar-refractivity contribution in [2.24, 2.45) is 0 Å². The monoisotopic (exact) mass is 351 g/mol. The molecule has 0 saturated carbocycles. The molecule has 0 spiro atoms. The topological polar surface area (TPSA) is 39.1 Å². The molecule has 2 aromatic rings. The molecule has 5 heteroatoms. The van der Waals surface area contributed by atoms with E-state index in [9.17, 15) is 0 Å². The summed E-state index contributed by atoms with van der Waals surface area (Å²) in [6.07, 6.45) is 7.70. The molecular weight excluding hydrogens is 330 g/mol. The van der Waals surface area contributed by atoms with Gasteiger partial charge in [-0.2, -0.15) is 0 Å². The lowest BCUT2D eigenvalue weighted by Gasteiger charge is -2.10. The lowest BCUT2D eigenvalue weighted by atomic mass is 10.2. The van der Waals surface area contributed by atoms with Crippen LogP contribution >= 0.6 is 15.9 Å². The van der Waals surface area contributed by atoms with Gasteiger partial charge in [0.1, 0.15) is 5.75 Å². The minimum absolute atomic E-state index is 0.699. The molecule has 0 radical (unpaired) electrons. The van der Waals surface area contributed by atoms with Crippen molar-refractivity contribution in [3.05, 3.63) is 47.0 Å². The normalized spacial score (nSPS) is 10.8. The number of nitrogens with zero attached hydrogens (tertiary/aromatic N) is 2. The largest absolute Gasteiger partial charge is 0.492 e. The molecule has 21 heavy (non-hydrogen) atoms. The van der Waals surface area contributed by atoms with E-state index in [4.69, 9.17) is 4.74 Å². The first kappa shape index (κ1) is 16.0. The smallest absolute Gasteiger partial charge is 0.133 e. The predicted octanol–water partition coefficient (Wildman–Crippen LogP) is 3.61. The fraction of sp³-hybridized carbons (Fsp3) is 0.438. The highest BCUT2D eigenvalue weighted by molar-refractivity contribution is 9.10. The highest BCUT2D eigenvalue weighted by atomic mass is 79.9. The predicted molar refractivity (Wildman–Crippen MR) is 88.5 cm³/mol. The van der Waals surface area contributed by atoms with Crippen LogP contribution < -0.4 is 10.1 Å². The first-order valence-electron chi connectivity index (χ1n) is 7.37. The Hall–Kier alpha value is -1.33. The van der Waals surface area contributed by atoms with Crippen LogP contribution in [0.5, 0.6) is 5.75 Å². The molecule has 4 nitrogen and oxygen atoms in total. The van der Waals surface area contributed by atoms with Gasteiger partial charge in [-0.25, -0.2) is 4.98 Å². The van der Waals surface area contributed by atoms with Crippen molar-refractivity contribution in [3.8, 4) is 5.75 Å². The minimum Gasteiger partial charge on any atom is -0.492 e. The highest BCUT2D eigenvalue weighted by Crippen LogP contribution is 2.26. The second kappa shape index (κ2) is 8.85. The van der Waals surface area contributed by atoms with Gasteiger partial charge >= 0.3 is 0 Å². The van der Waals surface area contributed by atoms with Crippen molar-refractivity contribution in [1.29, 1.82) is 0 Å². The Balaban J connectivity index is 1.75. The van der Waals surface area contributed by atoms with Crippen LogP contribution in [-0.2, 0) is 13.1 Å². The van der Waals surface area contributed by atoms with Crippen LogP contribution in [0.1, 0.15) is 25.3 Å². The number of ether oxygens (including phenoxy) is 1. The summed E-state index contributed by atoms with van der Waals surface area (Å²) in [5.41, 5.74) is 1.26. The van der Waals surface area contributed by atoms with Crippen LogP contribution in [0, 0.1) is 0 Å². The Bertz CT molecular complexity index is 528. The van der Waals surface area contributed by atoms with Crippen LogP contribution in [-0.4, -0.2) is 22.7 Å². The van der Waals surface area contributed by atoms with Crippen molar-refractivity contribution >= 4 is 15.9 Å². The maximum Gasteiger partial charge on any atom is 0.133 e. The third kappa shape index (κ3) is 5.52. The summed E-state index contributed by atoms with van der Waals surface area (Å²) in [6, 6.07) is 6.26. The number of benzene rings is 1. The zero-order chi connectivity index (χ0) is 14.9. The first-order chi connectivity index (χ1) is 10.3. The van der Waals surface area contributed by atoms with E-state index < -0.39 is 0 Å². The van der Waals surface area contributed by atoms with E-state index in [-0.39, 0.29) is 0 Å². The molecule has 1 aromatic heterocycles. The van der Waals surface area contributed by atoms with Gasteiger partial charge in [0, 0.05) is 25.5 Å². The van der Waals surface area contributed by atoms with Gasteiger partial charge in [0.05, 0.1) is 17.4 Å². The Morgan fingerprint density at radius 3 is 3.00 bits per heavy atom. The molecule has 2 rings (SSSR count). The molecule has 0 aliphatic rings. The SMILES string of the molecule is CCCNCc1ccc(OCCCn2ccnc2)c(Br)c1. The molecule has 0 aliphatic heterocycles. The number of aromatic nitrogens is 2. The average Bonchev–Trinajstić information content (AvgIpc) is 2.99. The molecular formula is C16H22BrN3O. The molecule has 114 valence electrons. The third-order valence-electron chi connectivity index (χ3n) is 3.13. The number of nitrogens with one attached hydrogen (secondary N) is 1. The molecule has 0 saturated heterocycles. The Kier molecular flexibility index (Phi) is 6.76. The van der Waals surface area contributed by atoms with E-state index in [2.05, 4.69) is 49.9 Å². The number of halogens is 1. The quantitative estimate of drug-likeness (QED) is 0.701. The number of hydrogen-bond donors (Lipinski definition) is 1. The van der Waals surface area contributed by atoms with Gasteiger partial charge in [0.2, 0.25) is 0 Å². The second-order valence-corrected chi connectivity index (χ2v) is 5.80. The summed E-state index contributed by atoms with van der Waals surface area (Å²) in [7, 11) is 0. The average molecular weight is 352 g/mol. The maximum absolute atomic E-state index is 5.81. The van der Waals surface area contributed by atoms with Gasteiger partial charge < -0.3 is 14.6 Å².